The molecule has 1 fully saturated rings. The van der Waals surface area contributed by atoms with E-state index in [9.17, 15) is 4.79 Å². The number of methoxy groups -OCH3 is 1. The molecule has 4 aromatic carbocycles. The summed E-state index contributed by atoms with van der Waals surface area (Å²) in [6.07, 6.45) is 1.82. The molecule has 0 spiro atoms. The molecule has 1 saturated carbocycles. The second kappa shape index (κ2) is 9.33. The third-order valence-corrected chi connectivity index (χ3v) is 6.51. The van der Waals surface area contributed by atoms with Crippen molar-refractivity contribution in [3.8, 4) is 33.8 Å². The van der Waals surface area contributed by atoms with Gasteiger partial charge in [-0.25, -0.2) is 0 Å². The minimum atomic E-state index is -0.164. The number of hydrogen-bond donors (Lipinski definition) is 0. The average molecular weight is 435 g/mol. The van der Waals surface area contributed by atoms with Crippen LogP contribution in [0.4, 0.5) is 0 Å². The van der Waals surface area contributed by atoms with Crippen LogP contribution in [0.3, 0.4) is 0 Å². The van der Waals surface area contributed by atoms with E-state index in [0.717, 1.165) is 46.4 Å². The van der Waals surface area contributed by atoms with Crippen molar-refractivity contribution in [1.82, 2.24) is 0 Å². The zero-order chi connectivity index (χ0) is 22.6. The van der Waals surface area contributed by atoms with Gasteiger partial charge < -0.3 is 9.47 Å². The molecule has 1 aliphatic rings. The van der Waals surface area contributed by atoms with Gasteiger partial charge in [-0.3, -0.25) is 4.79 Å². The van der Waals surface area contributed by atoms with Gasteiger partial charge in [-0.2, -0.15) is 0 Å². The monoisotopic (exact) mass is 434 g/mol. The molecule has 0 radical (unpaired) electrons. The van der Waals surface area contributed by atoms with Crippen molar-refractivity contribution < 1.29 is 14.3 Å². The molecule has 0 amide bonds. The first-order valence-corrected chi connectivity index (χ1v) is 11.3. The normalized spacial score (nSPS) is 17.1. The van der Waals surface area contributed by atoms with Crippen molar-refractivity contribution in [2.24, 2.45) is 5.92 Å². The van der Waals surface area contributed by atoms with Gasteiger partial charge in [-0.05, 0) is 47.6 Å². The quantitative estimate of drug-likeness (QED) is 0.239. The average Bonchev–Trinajstić information content (AvgIpc) is 2.85. The maximum atomic E-state index is 13.4. The number of benzene rings is 4. The van der Waals surface area contributed by atoms with E-state index in [2.05, 4.69) is 12.1 Å². The number of carbonyl (C=O) groups excluding carboxylic acids is 1. The summed E-state index contributed by atoms with van der Waals surface area (Å²) in [5, 5.41) is 0. The van der Waals surface area contributed by atoms with E-state index < -0.39 is 0 Å². The lowest BCUT2D eigenvalue weighted by Gasteiger charge is -2.35. The van der Waals surface area contributed by atoms with E-state index in [1.165, 1.54) is 0 Å². The summed E-state index contributed by atoms with van der Waals surface area (Å²) in [7, 11) is 1.66. The minimum Gasteiger partial charge on any atom is -0.497 e. The van der Waals surface area contributed by atoms with Crippen LogP contribution >= 0.6 is 0 Å². The summed E-state index contributed by atoms with van der Waals surface area (Å²) >= 11 is 0. The topological polar surface area (TPSA) is 35.5 Å². The first-order chi connectivity index (χ1) is 16.2. The fraction of sp³-hybridized carbons (Fsp3) is 0.167. The van der Waals surface area contributed by atoms with Crippen LogP contribution < -0.4 is 9.47 Å². The SMILES string of the molecule is COc1ccc([C@H]2CC[C@@H]2C(=O)Oc2c(-c3ccccc3)cccc2-c2ccccc2)cc1. The first-order valence-electron chi connectivity index (χ1n) is 11.3. The summed E-state index contributed by atoms with van der Waals surface area (Å²) in [6.45, 7) is 0. The van der Waals surface area contributed by atoms with Gasteiger partial charge >= 0.3 is 5.97 Å². The molecule has 5 rings (SSSR count). The second-order valence-corrected chi connectivity index (χ2v) is 8.40. The van der Waals surface area contributed by atoms with Crippen LogP contribution in [-0.2, 0) is 4.79 Å². The Morgan fingerprint density at radius 3 is 1.76 bits per heavy atom. The second-order valence-electron chi connectivity index (χ2n) is 8.40. The highest BCUT2D eigenvalue weighted by molar-refractivity contribution is 5.87. The van der Waals surface area contributed by atoms with E-state index in [-0.39, 0.29) is 17.8 Å². The van der Waals surface area contributed by atoms with Gasteiger partial charge in [-0.1, -0.05) is 91.0 Å². The van der Waals surface area contributed by atoms with Crippen LogP contribution in [0.5, 0.6) is 11.5 Å². The Hall–Kier alpha value is -3.85. The molecular formula is C30H26O3. The van der Waals surface area contributed by atoms with Crippen LogP contribution in [0, 0.1) is 5.92 Å². The molecule has 0 heterocycles. The van der Waals surface area contributed by atoms with E-state index in [1.54, 1.807) is 7.11 Å². The Morgan fingerprint density at radius 1 is 0.697 bits per heavy atom. The van der Waals surface area contributed by atoms with Crippen LogP contribution in [0.15, 0.2) is 103 Å². The van der Waals surface area contributed by atoms with Crippen molar-refractivity contribution in [2.45, 2.75) is 18.8 Å². The summed E-state index contributed by atoms with van der Waals surface area (Å²) in [6, 6.07) is 34.2. The van der Waals surface area contributed by atoms with E-state index in [4.69, 9.17) is 9.47 Å². The molecule has 0 aliphatic heterocycles. The fourth-order valence-electron chi connectivity index (χ4n) is 4.55. The van der Waals surface area contributed by atoms with Crippen molar-refractivity contribution in [3.05, 3.63) is 109 Å². The summed E-state index contributed by atoms with van der Waals surface area (Å²) in [5.41, 5.74) is 5.05. The lowest BCUT2D eigenvalue weighted by molar-refractivity contribution is -0.142. The first kappa shape index (κ1) is 21.0. The van der Waals surface area contributed by atoms with E-state index >= 15 is 0 Å². The van der Waals surface area contributed by atoms with Crippen LogP contribution in [0.25, 0.3) is 22.3 Å². The van der Waals surface area contributed by atoms with Crippen molar-refractivity contribution >= 4 is 5.97 Å². The Balaban J connectivity index is 1.48. The molecule has 3 heteroatoms. The molecule has 1 aliphatic carbocycles. The zero-order valence-corrected chi connectivity index (χ0v) is 18.6. The largest absolute Gasteiger partial charge is 0.497 e. The maximum absolute atomic E-state index is 13.4. The number of carbonyl (C=O) groups is 1. The van der Waals surface area contributed by atoms with Gasteiger partial charge in [0.2, 0.25) is 0 Å². The van der Waals surface area contributed by atoms with Crippen molar-refractivity contribution in [1.29, 1.82) is 0 Å². The van der Waals surface area contributed by atoms with Crippen molar-refractivity contribution in [2.75, 3.05) is 7.11 Å². The fourth-order valence-corrected chi connectivity index (χ4v) is 4.55. The van der Waals surface area contributed by atoms with Gasteiger partial charge in [-0.15, -0.1) is 0 Å². The Morgan fingerprint density at radius 2 is 1.27 bits per heavy atom. The van der Waals surface area contributed by atoms with Gasteiger partial charge in [0.15, 0.2) is 0 Å². The number of rotatable bonds is 6. The molecule has 0 N–H and O–H groups in total. The molecule has 3 nitrogen and oxygen atoms in total. The third-order valence-electron chi connectivity index (χ3n) is 6.51. The molecule has 0 bridgehead atoms. The van der Waals surface area contributed by atoms with E-state index in [1.807, 2.05) is 91.0 Å². The van der Waals surface area contributed by atoms with Crippen LogP contribution in [0.1, 0.15) is 24.3 Å². The van der Waals surface area contributed by atoms with Gasteiger partial charge in [0.05, 0.1) is 13.0 Å². The standard InChI is InChI=1S/C30H26O3/c1-32-24-17-15-23(16-18-24)25-19-20-28(25)30(31)33-29-26(21-9-4-2-5-10-21)13-8-14-27(29)22-11-6-3-7-12-22/h2-18,25,28H,19-20H2,1H3/t25-,28+/m1/s1. The lowest BCUT2D eigenvalue weighted by Crippen LogP contribution is -2.34. The molecule has 164 valence electrons. The molecular weight excluding hydrogens is 408 g/mol. The highest BCUT2D eigenvalue weighted by Gasteiger charge is 2.39. The number of ether oxygens (including phenoxy) is 2. The number of hydrogen-bond acceptors (Lipinski definition) is 3. The molecule has 0 unspecified atom stereocenters. The summed E-state index contributed by atoms with van der Waals surface area (Å²) < 4.78 is 11.5. The predicted octanol–water partition coefficient (Wildman–Crippen LogP) is 7.13. The highest BCUT2D eigenvalue weighted by atomic mass is 16.5. The van der Waals surface area contributed by atoms with Gasteiger partial charge in [0.25, 0.3) is 0 Å². The molecule has 2 atom stereocenters. The molecule has 0 saturated heterocycles. The van der Waals surface area contributed by atoms with E-state index in [0.29, 0.717) is 5.75 Å². The minimum absolute atomic E-state index is 0.147. The summed E-state index contributed by atoms with van der Waals surface area (Å²) in [4.78, 5) is 13.4. The smallest absolute Gasteiger partial charge is 0.314 e. The Kier molecular flexibility index (Phi) is 5.95. The van der Waals surface area contributed by atoms with Gasteiger partial charge in [0.1, 0.15) is 11.5 Å². The number of esters is 1. The molecule has 4 aromatic rings. The van der Waals surface area contributed by atoms with Crippen LogP contribution in [-0.4, -0.2) is 13.1 Å². The third kappa shape index (κ3) is 4.27. The molecule has 0 aromatic heterocycles. The van der Waals surface area contributed by atoms with Crippen LogP contribution in [0.2, 0.25) is 0 Å². The van der Waals surface area contributed by atoms with Crippen molar-refractivity contribution in [3.63, 3.8) is 0 Å². The summed E-state index contributed by atoms with van der Waals surface area (Å²) in [5.74, 6) is 1.31. The maximum Gasteiger partial charge on any atom is 0.314 e. The highest BCUT2D eigenvalue weighted by Crippen LogP contribution is 2.45. The number of para-hydroxylation sites is 1. The zero-order valence-electron chi connectivity index (χ0n) is 18.6. The Labute approximate surface area is 194 Å². The molecule has 33 heavy (non-hydrogen) atoms. The lowest BCUT2D eigenvalue weighted by atomic mass is 9.70. The Bertz CT molecular complexity index is 1170. The predicted molar refractivity (Wildman–Crippen MR) is 131 cm³/mol. The van der Waals surface area contributed by atoms with Gasteiger partial charge in [0, 0.05) is 11.1 Å².